The van der Waals surface area contributed by atoms with Gasteiger partial charge in [0.15, 0.2) is 17.4 Å². The minimum atomic E-state index is -0.0410. The van der Waals surface area contributed by atoms with Crippen LogP contribution in [0.3, 0.4) is 0 Å². The van der Waals surface area contributed by atoms with Crippen LogP contribution in [0.2, 0.25) is 0 Å². The summed E-state index contributed by atoms with van der Waals surface area (Å²) in [6.07, 6.45) is 0. The van der Waals surface area contributed by atoms with Crippen molar-refractivity contribution in [1.29, 1.82) is 5.26 Å². The van der Waals surface area contributed by atoms with Gasteiger partial charge < -0.3 is 15.4 Å². The normalized spacial score (nSPS) is 12.1. The third-order valence-electron chi connectivity index (χ3n) is 4.36. The summed E-state index contributed by atoms with van der Waals surface area (Å²) >= 11 is 1.13. The topological polar surface area (TPSA) is 82.9 Å². The Bertz CT molecular complexity index is 972. The molecule has 7 heteroatoms. The number of hydrogen-bond acceptors (Lipinski definition) is 7. The van der Waals surface area contributed by atoms with Crippen molar-refractivity contribution in [2.75, 3.05) is 17.7 Å². The van der Waals surface area contributed by atoms with E-state index in [1.54, 1.807) is 19.2 Å². The predicted octanol–water partition coefficient (Wildman–Crippen LogP) is 5.36. The number of methoxy groups -OCH3 is 1. The van der Waals surface area contributed by atoms with Gasteiger partial charge in [-0.25, -0.2) is 0 Å². The maximum atomic E-state index is 9.29. The number of rotatable bonds is 6. The average Bonchev–Trinajstić information content (AvgIpc) is 3.12. The molecule has 0 radical (unpaired) electrons. The fourth-order valence-electron chi connectivity index (χ4n) is 3.02. The number of para-hydroxylation sites is 1. The predicted molar refractivity (Wildman–Crippen MR) is 113 cm³/mol. The molecular weight excluding hydrogens is 370 g/mol. The SMILES string of the molecule is COc1c(C#N)cccc1Nc1nsnc1NC(c1ccccc1)C(C)(C)C. The molecule has 3 rings (SSSR count). The Morgan fingerprint density at radius 2 is 1.75 bits per heavy atom. The second kappa shape index (κ2) is 8.28. The maximum Gasteiger partial charge on any atom is 0.188 e. The van der Waals surface area contributed by atoms with E-state index in [0.29, 0.717) is 28.6 Å². The van der Waals surface area contributed by atoms with E-state index in [1.807, 2.05) is 24.3 Å². The van der Waals surface area contributed by atoms with Crippen LogP contribution in [0.25, 0.3) is 0 Å². The molecule has 0 aliphatic heterocycles. The second-order valence-corrected chi connectivity index (χ2v) is 7.97. The van der Waals surface area contributed by atoms with Gasteiger partial charge in [-0.1, -0.05) is 57.2 Å². The highest BCUT2D eigenvalue weighted by Crippen LogP contribution is 2.38. The molecule has 28 heavy (non-hydrogen) atoms. The van der Waals surface area contributed by atoms with Crippen molar-refractivity contribution in [3.05, 3.63) is 59.7 Å². The summed E-state index contributed by atoms with van der Waals surface area (Å²) in [5.41, 5.74) is 2.27. The standard InChI is InChI=1S/C21H23N5OS/c1-21(2,3)18(14-9-6-5-7-10-14)24-20-19(25-28-26-20)23-16-12-8-11-15(13-22)17(16)27-4/h5-12,18H,1-4H3,(H,23,25)(H,24,26). The van der Waals surface area contributed by atoms with Crippen molar-refractivity contribution in [3.63, 3.8) is 0 Å². The van der Waals surface area contributed by atoms with Gasteiger partial charge in [0.1, 0.15) is 6.07 Å². The molecule has 0 fully saturated rings. The van der Waals surface area contributed by atoms with Crippen LogP contribution >= 0.6 is 11.7 Å². The number of nitriles is 1. The Labute approximate surface area is 169 Å². The number of benzene rings is 2. The van der Waals surface area contributed by atoms with Crippen LogP contribution in [0.15, 0.2) is 48.5 Å². The summed E-state index contributed by atoms with van der Waals surface area (Å²) in [5.74, 6) is 1.75. The minimum Gasteiger partial charge on any atom is -0.493 e. The highest BCUT2D eigenvalue weighted by Gasteiger charge is 2.28. The zero-order chi connectivity index (χ0) is 20.1. The first kappa shape index (κ1) is 19.6. The molecule has 0 saturated heterocycles. The molecule has 1 atom stereocenters. The first-order valence-corrected chi connectivity index (χ1v) is 9.65. The van der Waals surface area contributed by atoms with E-state index >= 15 is 0 Å². The summed E-state index contributed by atoms with van der Waals surface area (Å²) in [4.78, 5) is 0. The Balaban J connectivity index is 1.91. The molecule has 2 N–H and O–H groups in total. The highest BCUT2D eigenvalue weighted by molar-refractivity contribution is 6.99. The molecule has 2 aromatic carbocycles. The largest absolute Gasteiger partial charge is 0.493 e. The molecule has 144 valence electrons. The summed E-state index contributed by atoms with van der Waals surface area (Å²) < 4.78 is 14.2. The number of nitrogens with zero attached hydrogens (tertiary/aromatic N) is 3. The Kier molecular flexibility index (Phi) is 5.81. The van der Waals surface area contributed by atoms with Gasteiger partial charge in [-0.15, -0.1) is 0 Å². The van der Waals surface area contributed by atoms with Crippen molar-refractivity contribution in [3.8, 4) is 11.8 Å². The quantitative estimate of drug-likeness (QED) is 0.586. The van der Waals surface area contributed by atoms with E-state index in [-0.39, 0.29) is 11.5 Å². The highest BCUT2D eigenvalue weighted by atomic mass is 32.1. The molecule has 0 saturated carbocycles. The molecule has 0 spiro atoms. The summed E-state index contributed by atoms with van der Waals surface area (Å²) in [6, 6.07) is 17.8. The molecule has 1 aromatic heterocycles. The molecule has 0 aliphatic carbocycles. The van der Waals surface area contributed by atoms with Crippen molar-refractivity contribution in [1.82, 2.24) is 8.75 Å². The van der Waals surface area contributed by atoms with Gasteiger partial charge in [0, 0.05) is 0 Å². The smallest absolute Gasteiger partial charge is 0.188 e. The van der Waals surface area contributed by atoms with E-state index in [2.05, 4.69) is 58.4 Å². The van der Waals surface area contributed by atoms with Crippen LogP contribution < -0.4 is 15.4 Å². The lowest BCUT2D eigenvalue weighted by molar-refractivity contribution is 0.347. The molecule has 0 bridgehead atoms. The van der Waals surface area contributed by atoms with E-state index < -0.39 is 0 Å². The zero-order valence-corrected chi connectivity index (χ0v) is 17.2. The molecular formula is C21H23N5OS. The van der Waals surface area contributed by atoms with Crippen molar-refractivity contribution >= 4 is 29.1 Å². The van der Waals surface area contributed by atoms with Gasteiger partial charge in [-0.05, 0) is 23.1 Å². The minimum absolute atomic E-state index is 0.0410. The van der Waals surface area contributed by atoms with Crippen LogP contribution in [0.4, 0.5) is 17.3 Å². The van der Waals surface area contributed by atoms with Crippen LogP contribution in [0.5, 0.6) is 5.75 Å². The van der Waals surface area contributed by atoms with Crippen molar-refractivity contribution in [2.45, 2.75) is 26.8 Å². The summed E-state index contributed by atoms with van der Waals surface area (Å²) in [7, 11) is 1.55. The van der Waals surface area contributed by atoms with Crippen molar-refractivity contribution in [2.24, 2.45) is 5.41 Å². The Hall–Kier alpha value is -3.11. The lowest BCUT2D eigenvalue weighted by atomic mass is 9.82. The number of nitrogens with one attached hydrogen (secondary N) is 2. The molecule has 1 unspecified atom stereocenters. The van der Waals surface area contributed by atoms with Crippen LogP contribution in [-0.4, -0.2) is 15.9 Å². The van der Waals surface area contributed by atoms with Crippen LogP contribution in [0, 0.1) is 16.7 Å². The Morgan fingerprint density at radius 3 is 2.39 bits per heavy atom. The number of ether oxygens (including phenoxy) is 1. The summed E-state index contributed by atoms with van der Waals surface area (Å²) in [5, 5.41) is 16.1. The van der Waals surface area contributed by atoms with Gasteiger partial charge in [0.25, 0.3) is 0 Å². The van der Waals surface area contributed by atoms with E-state index in [0.717, 1.165) is 11.7 Å². The van der Waals surface area contributed by atoms with E-state index in [9.17, 15) is 5.26 Å². The third kappa shape index (κ3) is 4.24. The molecule has 3 aromatic rings. The second-order valence-electron chi connectivity index (χ2n) is 7.44. The van der Waals surface area contributed by atoms with Crippen LogP contribution in [0.1, 0.15) is 37.9 Å². The van der Waals surface area contributed by atoms with Gasteiger partial charge in [0.2, 0.25) is 0 Å². The third-order valence-corrected chi connectivity index (χ3v) is 4.89. The molecule has 0 aliphatic rings. The molecule has 1 heterocycles. The number of hydrogen-bond donors (Lipinski definition) is 2. The first-order valence-electron chi connectivity index (χ1n) is 8.92. The van der Waals surface area contributed by atoms with Gasteiger partial charge >= 0.3 is 0 Å². The number of aromatic nitrogens is 2. The average molecular weight is 394 g/mol. The monoisotopic (exact) mass is 393 g/mol. The molecule has 6 nitrogen and oxygen atoms in total. The first-order chi connectivity index (χ1) is 13.4. The van der Waals surface area contributed by atoms with Gasteiger partial charge in [0.05, 0.1) is 36.1 Å². The van der Waals surface area contributed by atoms with Gasteiger partial charge in [-0.2, -0.15) is 14.0 Å². The fraction of sp³-hybridized carbons (Fsp3) is 0.286. The van der Waals surface area contributed by atoms with Crippen molar-refractivity contribution < 1.29 is 4.74 Å². The maximum absolute atomic E-state index is 9.29. The number of anilines is 3. The Morgan fingerprint density at radius 1 is 1.04 bits per heavy atom. The summed E-state index contributed by atoms with van der Waals surface area (Å²) in [6.45, 7) is 6.55. The van der Waals surface area contributed by atoms with E-state index in [4.69, 9.17) is 4.74 Å². The van der Waals surface area contributed by atoms with Gasteiger partial charge in [-0.3, -0.25) is 0 Å². The lowest BCUT2D eigenvalue weighted by Gasteiger charge is -2.32. The van der Waals surface area contributed by atoms with E-state index in [1.165, 1.54) is 5.56 Å². The fourth-order valence-corrected chi connectivity index (χ4v) is 3.49. The zero-order valence-electron chi connectivity index (χ0n) is 16.4. The lowest BCUT2D eigenvalue weighted by Crippen LogP contribution is -2.26. The van der Waals surface area contributed by atoms with Crippen LogP contribution in [-0.2, 0) is 0 Å². The molecule has 0 amide bonds.